The highest BCUT2D eigenvalue weighted by molar-refractivity contribution is 5.78. The van der Waals surface area contributed by atoms with Crippen molar-refractivity contribution in [3.63, 3.8) is 0 Å². The Hall–Kier alpha value is -1.36. The number of aromatic nitrogens is 2. The zero-order valence-corrected chi connectivity index (χ0v) is 16.7. The van der Waals surface area contributed by atoms with Crippen LogP contribution < -0.4 is 0 Å². The van der Waals surface area contributed by atoms with Crippen LogP contribution in [0.3, 0.4) is 0 Å². The van der Waals surface area contributed by atoms with Gasteiger partial charge in [-0.2, -0.15) is 5.10 Å². The Balaban J connectivity index is 2.28. The van der Waals surface area contributed by atoms with E-state index in [-0.39, 0.29) is 22.8 Å². The SMILES string of the molecule is CN(C)CC(=O)N1CCC(n2ncc(C(C)(C)C)c2C(C)(C)C)C1. The van der Waals surface area contributed by atoms with Gasteiger partial charge in [0.25, 0.3) is 0 Å². The van der Waals surface area contributed by atoms with Crippen LogP contribution in [0.2, 0.25) is 0 Å². The largest absolute Gasteiger partial charge is 0.339 e. The Morgan fingerprint density at radius 3 is 2.33 bits per heavy atom. The lowest BCUT2D eigenvalue weighted by molar-refractivity contribution is -0.130. The molecule has 5 heteroatoms. The molecular formula is C19H34N4O. The van der Waals surface area contributed by atoms with Crippen molar-refractivity contribution < 1.29 is 4.79 Å². The highest BCUT2D eigenvalue weighted by Crippen LogP contribution is 2.36. The van der Waals surface area contributed by atoms with Crippen LogP contribution in [-0.2, 0) is 15.6 Å². The molecule has 0 spiro atoms. The van der Waals surface area contributed by atoms with E-state index in [1.54, 1.807) is 0 Å². The first-order valence-corrected chi connectivity index (χ1v) is 8.92. The van der Waals surface area contributed by atoms with Gasteiger partial charge in [-0.25, -0.2) is 0 Å². The molecule has 1 aliphatic heterocycles. The van der Waals surface area contributed by atoms with Gasteiger partial charge >= 0.3 is 0 Å². The van der Waals surface area contributed by atoms with Gasteiger partial charge in [-0.3, -0.25) is 9.48 Å². The lowest BCUT2D eigenvalue weighted by atomic mass is 9.79. The number of carbonyl (C=O) groups excluding carboxylic acids is 1. The van der Waals surface area contributed by atoms with Gasteiger partial charge in [0, 0.05) is 24.2 Å². The summed E-state index contributed by atoms with van der Waals surface area (Å²) in [6.45, 7) is 15.5. The van der Waals surface area contributed by atoms with E-state index in [2.05, 4.69) is 46.2 Å². The number of hydrogen-bond donors (Lipinski definition) is 0. The Morgan fingerprint density at radius 2 is 1.83 bits per heavy atom. The molecule has 5 nitrogen and oxygen atoms in total. The van der Waals surface area contributed by atoms with Gasteiger partial charge in [-0.05, 0) is 31.5 Å². The lowest BCUT2D eigenvalue weighted by Crippen LogP contribution is -2.36. The van der Waals surface area contributed by atoms with Crippen LogP contribution >= 0.6 is 0 Å². The van der Waals surface area contributed by atoms with Crippen LogP contribution in [0.1, 0.15) is 65.3 Å². The molecule has 1 aromatic heterocycles. The van der Waals surface area contributed by atoms with E-state index in [9.17, 15) is 4.79 Å². The summed E-state index contributed by atoms with van der Waals surface area (Å²) >= 11 is 0. The second kappa shape index (κ2) is 6.51. The number of amides is 1. The molecule has 0 bridgehead atoms. The van der Waals surface area contributed by atoms with Crippen molar-refractivity contribution in [3.8, 4) is 0 Å². The summed E-state index contributed by atoms with van der Waals surface area (Å²) in [7, 11) is 3.87. The maximum absolute atomic E-state index is 12.3. The molecule has 0 N–H and O–H groups in total. The molecule has 1 aromatic rings. The average molecular weight is 335 g/mol. The first kappa shape index (κ1) is 19.0. The monoisotopic (exact) mass is 334 g/mol. The molecule has 1 amide bonds. The summed E-state index contributed by atoms with van der Waals surface area (Å²) in [5.41, 5.74) is 2.72. The van der Waals surface area contributed by atoms with Gasteiger partial charge in [-0.1, -0.05) is 41.5 Å². The van der Waals surface area contributed by atoms with Gasteiger partial charge in [-0.15, -0.1) is 0 Å². The van der Waals surface area contributed by atoms with Crippen molar-refractivity contribution >= 4 is 5.91 Å². The topological polar surface area (TPSA) is 41.4 Å². The molecule has 1 atom stereocenters. The van der Waals surface area contributed by atoms with Gasteiger partial charge in [0.2, 0.25) is 5.91 Å². The maximum atomic E-state index is 12.3. The summed E-state index contributed by atoms with van der Waals surface area (Å²) in [6, 6.07) is 0.279. The smallest absolute Gasteiger partial charge is 0.236 e. The minimum Gasteiger partial charge on any atom is -0.339 e. The van der Waals surface area contributed by atoms with Crippen molar-refractivity contribution in [2.45, 2.75) is 64.8 Å². The van der Waals surface area contributed by atoms with Crippen LogP contribution in [0.25, 0.3) is 0 Å². The lowest BCUT2D eigenvalue weighted by Gasteiger charge is -2.29. The summed E-state index contributed by atoms with van der Waals surface area (Å²) in [5.74, 6) is 0.211. The molecule has 1 fully saturated rings. The highest BCUT2D eigenvalue weighted by atomic mass is 16.2. The number of rotatable bonds is 3. The molecule has 2 rings (SSSR count). The fourth-order valence-corrected chi connectivity index (χ4v) is 3.47. The van der Waals surface area contributed by atoms with E-state index in [0.717, 1.165) is 19.5 Å². The Kier molecular flexibility index (Phi) is 5.14. The van der Waals surface area contributed by atoms with Gasteiger partial charge in [0.05, 0.1) is 18.8 Å². The van der Waals surface area contributed by atoms with Crippen molar-refractivity contribution in [1.29, 1.82) is 0 Å². The molecule has 2 heterocycles. The van der Waals surface area contributed by atoms with Crippen LogP contribution in [0.4, 0.5) is 0 Å². The minimum atomic E-state index is 0.0280. The van der Waals surface area contributed by atoms with Crippen LogP contribution in [0.5, 0.6) is 0 Å². The normalized spacial score (nSPS) is 19.4. The molecule has 136 valence electrons. The van der Waals surface area contributed by atoms with E-state index < -0.39 is 0 Å². The molecule has 1 unspecified atom stereocenters. The number of hydrogen-bond acceptors (Lipinski definition) is 3. The third kappa shape index (κ3) is 4.00. The minimum absolute atomic E-state index is 0.0280. The van der Waals surface area contributed by atoms with Crippen molar-refractivity contribution in [2.24, 2.45) is 0 Å². The first-order chi connectivity index (χ1) is 10.9. The van der Waals surface area contributed by atoms with Gasteiger partial charge in [0.15, 0.2) is 0 Å². The number of likely N-dealkylation sites (tertiary alicyclic amines) is 1. The second-order valence-electron chi connectivity index (χ2n) is 9.37. The fraction of sp³-hybridized carbons (Fsp3) is 0.789. The summed E-state index contributed by atoms with van der Waals surface area (Å²) < 4.78 is 2.20. The van der Waals surface area contributed by atoms with E-state index in [1.807, 2.05) is 30.1 Å². The standard InChI is InChI=1S/C19H34N4O/c1-18(2,3)15-11-20-23(17(15)19(4,5)6)14-9-10-22(12-14)16(24)13-21(7)8/h11,14H,9-10,12-13H2,1-8H3. The Bertz CT molecular complexity index is 589. The van der Waals surface area contributed by atoms with Gasteiger partial charge in [0.1, 0.15) is 0 Å². The van der Waals surface area contributed by atoms with E-state index in [0.29, 0.717) is 6.54 Å². The average Bonchev–Trinajstić information content (AvgIpc) is 3.03. The Labute approximate surface area is 147 Å². The van der Waals surface area contributed by atoms with Crippen molar-refractivity contribution in [3.05, 3.63) is 17.5 Å². The summed E-state index contributed by atoms with van der Waals surface area (Å²) in [6.07, 6.45) is 3.01. The number of likely N-dealkylation sites (N-methyl/N-ethyl adjacent to an activating group) is 1. The molecule has 0 aromatic carbocycles. The molecule has 24 heavy (non-hydrogen) atoms. The van der Waals surface area contributed by atoms with Crippen LogP contribution in [-0.4, -0.2) is 59.2 Å². The Morgan fingerprint density at radius 1 is 1.21 bits per heavy atom. The predicted octanol–water partition coefficient (Wildman–Crippen LogP) is 2.81. The van der Waals surface area contributed by atoms with Crippen molar-refractivity contribution in [1.82, 2.24) is 19.6 Å². The summed E-state index contributed by atoms with van der Waals surface area (Å²) in [5, 5.41) is 4.75. The summed E-state index contributed by atoms with van der Waals surface area (Å²) in [4.78, 5) is 16.2. The highest BCUT2D eigenvalue weighted by Gasteiger charge is 2.35. The third-order valence-corrected chi connectivity index (χ3v) is 4.63. The van der Waals surface area contributed by atoms with Gasteiger partial charge < -0.3 is 9.80 Å². The molecule has 0 radical (unpaired) electrons. The molecule has 1 aliphatic rings. The van der Waals surface area contributed by atoms with E-state index in [4.69, 9.17) is 5.10 Å². The zero-order chi connectivity index (χ0) is 18.3. The zero-order valence-electron chi connectivity index (χ0n) is 16.7. The number of nitrogens with zero attached hydrogens (tertiary/aromatic N) is 4. The second-order valence-corrected chi connectivity index (χ2v) is 9.37. The molecule has 1 saturated heterocycles. The maximum Gasteiger partial charge on any atom is 0.236 e. The van der Waals surface area contributed by atoms with E-state index >= 15 is 0 Å². The first-order valence-electron chi connectivity index (χ1n) is 8.92. The third-order valence-electron chi connectivity index (χ3n) is 4.63. The molecular weight excluding hydrogens is 300 g/mol. The van der Waals surface area contributed by atoms with Crippen LogP contribution in [0.15, 0.2) is 6.20 Å². The fourth-order valence-electron chi connectivity index (χ4n) is 3.47. The van der Waals surface area contributed by atoms with E-state index in [1.165, 1.54) is 11.3 Å². The number of carbonyl (C=O) groups is 1. The van der Waals surface area contributed by atoms with Crippen LogP contribution in [0, 0.1) is 0 Å². The quantitative estimate of drug-likeness (QED) is 0.853. The van der Waals surface area contributed by atoms with Crippen molar-refractivity contribution in [2.75, 3.05) is 33.7 Å². The molecule has 0 aliphatic carbocycles. The molecule has 0 saturated carbocycles. The predicted molar refractivity (Wildman–Crippen MR) is 98.4 cm³/mol.